The minimum absolute atomic E-state index is 0.0474. The number of benzene rings is 1. The standard InChI is InChI=1S/C15H19N3O5/c1-2-23-15(22)11-6-3-4-7-12(11)17-13(20)14(21)18(10-19)9-5-8-16/h3-4,6-7,10H,2,5,8-9,16H2,1H3,(H,17,20). The van der Waals surface area contributed by atoms with Gasteiger partial charge in [0.2, 0.25) is 6.41 Å². The molecule has 0 atom stereocenters. The molecule has 0 fully saturated rings. The fourth-order valence-electron chi connectivity index (χ4n) is 1.75. The minimum atomic E-state index is -1.02. The van der Waals surface area contributed by atoms with Gasteiger partial charge in [-0.25, -0.2) is 4.79 Å². The van der Waals surface area contributed by atoms with Crippen LogP contribution in [0.3, 0.4) is 0 Å². The molecule has 8 nitrogen and oxygen atoms in total. The van der Waals surface area contributed by atoms with Gasteiger partial charge in [0.15, 0.2) is 0 Å². The summed E-state index contributed by atoms with van der Waals surface area (Å²) >= 11 is 0. The summed E-state index contributed by atoms with van der Waals surface area (Å²) in [5.74, 6) is -2.66. The van der Waals surface area contributed by atoms with E-state index in [2.05, 4.69) is 5.32 Å². The second kappa shape index (κ2) is 9.31. The van der Waals surface area contributed by atoms with Crippen LogP contribution >= 0.6 is 0 Å². The summed E-state index contributed by atoms with van der Waals surface area (Å²) in [5.41, 5.74) is 5.56. The molecule has 8 heteroatoms. The zero-order valence-corrected chi connectivity index (χ0v) is 12.8. The Morgan fingerprint density at radius 2 is 2.00 bits per heavy atom. The number of carbonyl (C=O) groups excluding carboxylic acids is 4. The van der Waals surface area contributed by atoms with Gasteiger partial charge in [0.1, 0.15) is 0 Å². The predicted octanol–water partition coefficient (Wildman–Crippen LogP) is 0.136. The van der Waals surface area contributed by atoms with E-state index in [0.29, 0.717) is 6.42 Å². The number of para-hydroxylation sites is 1. The number of rotatable bonds is 7. The first kappa shape index (κ1) is 18.3. The van der Waals surface area contributed by atoms with Gasteiger partial charge >= 0.3 is 17.8 Å². The summed E-state index contributed by atoms with van der Waals surface area (Å²) in [6.45, 7) is 2.16. The molecule has 0 spiro atoms. The summed E-state index contributed by atoms with van der Waals surface area (Å²) in [6, 6.07) is 6.12. The van der Waals surface area contributed by atoms with Crippen LogP contribution in [0.2, 0.25) is 0 Å². The summed E-state index contributed by atoms with van der Waals surface area (Å²) in [5, 5.41) is 2.32. The van der Waals surface area contributed by atoms with Crippen LogP contribution in [0, 0.1) is 0 Å². The average molecular weight is 321 g/mol. The molecule has 0 saturated carbocycles. The highest BCUT2D eigenvalue weighted by Crippen LogP contribution is 2.16. The predicted molar refractivity (Wildman–Crippen MR) is 82.5 cm³/mol. The third kappa shape index (κ3) is 5.19. The Morgan fingerprint density at radius 1 is 1.30 bits per heavy atom. The van der Waals surface area contributed by atoms with Gasteiger partial charge in [0.05, 0.1) is 17.9 Å². The fraction of sp³-hybridized carbons (Fsp3) is 0.333. The molecular formula is C15H19N3O5. The molecule has 1 aromatic rings. The van der Waals surface area contributed by atoms with Crippen molar-refractivity contribution in [1.82, 2.24) is 4.90 Å². The van der Waals surface area contributed by atoms with E-state index in [4.69, 9.17) is 10.5 Å². The largest absolute Gasteiger partial charge is 0.462 e. The van der Waals surface area contributed by atoms with Crippen molar-refractivity contribution >= 4 is 29.9 Å². The van der Waals surface area contributed by atoms with Gasteiger partial charge in [-0.05, 0) is 32.0 Å². The van der Waals surface area contributed by atoms with E-state index < -0.39 is 17.8 Å². The lowest BCUT2D eigenvalue weighted by atomic mass is 10.2. The zero-order valence-electron chi connectivity index (χ0n) is 12.8. The first-order chi connectivity index (χ1) is 11.0. The van der Waals surface area contributed by atoms with Crippen molar-refractivity contribution in [3.63, 3.8) is 0 Å². The van der Waals surface area contributed by atoms with E-state index >= 15 is 0 Å². The van der Waals surface area contributed by atoms with Crippen molar-refractivity contribution < 1.29 is 23.9 Å². The quantitative estimate of drug-likeness (QED) is 0.419. The van der Waals surface area contributed by atoms with E-state index in [1.807, 2.05) is 0 Å². The second-order valence-electron chi connectivity index (χ2n) is 4.47. The maximum absolute atomic E-state index is 12.0. The summed E-state index contributed by atoms with van der Waals surface area (Å²) in [6.07, 6.45) is 0.659. The molecule has 0 aliphatic carbocycles. The molecule has 124 valence electrons. The zero-order chi connectivity index (χ0) is 17.2. The molecular weight excluding hydrogens is 302 g/mol. The summed E-state index contributed by atoms with van der Waals surface area (Å²) < 4.78 is 4.88. The Kier molecular flexibility index (Phi) is 7.41. The highest BCUT2D eigenvalue weighted by molar-refractivity contribution is 6.41. The van der Waals surface area contributed by atoms with Gasteiger partial charge < -0.3 is 15.8 Å². The Labute approximate surface area is 133 Å². The first-order valence-electron chi connectivity index (χ1n) is 7.08. The van der Waals surface area contributed by atoms with E-state index in [-0.39, 0.29) is 37.4 Å². The van der Waals surface area contributed by atoms with Crippen LogP contribution in [0.25, 0.3) is 0 Å². The molecule has 0 unspecified atom stereocenters. The lowest BCUT2D eigenvalue weighted by molar-refractivity contribution is -0.146. The van der Waals surface area contributed by atoms with Crippen LogP contribution in [0.15, 0.2) is 24.3 Å². The molecule has 1 aromatic carbocycles. The van der Waals surface area contributed by atoms with E-state index in [9.17, 15) is 19.2 Å². The number of anilines is 1. The van der Waals surface area contributed by atoms with Crippen LogP contribution < -0.4 is 11.1 Å². The van der Waals surface area contributed by atoms with Crippen molar-refractivity contribution in [2.45, 2.75) is 13.3 Å². The number of carbonyl (C=O) groups is 4. The van der Waals surface area contributed by atoms with E-state index in [1.54, 1.807) is 19.1 Å². The number of imide groups is 1. The number of ether oxygens (including phenoxy) is 1. The first-order valence-corrected chi connectivity index (χ1v) is 7.08. The van der Waals surface area contributed by atoms with Gasteiger partial charge in [0, 0.05) is 6.54 Å². The monoisotopic (exact) mass is 321 g/mol. The van der Waals surface area contributed by atoms with Gasteiger partial charge in [-0.2, -0.15) is 0 Å². The number of hydrogen-bond donors (Lipinski definition) is 2. The minimum Gasteiger partial charge on any atom is -0.462 e. The van der Waals surface area contributed by atoms with Gasteiger partial charge in [0.25, 0.3) is 0 Å². The molecule has 0 aromatic heterocycles. The molecule has 0 radical (unpaired) electrons. The smallest absolute Gasteiger partial charge is 0.340 e. The number of hydrogen-bond acceptors (Lipinski definition) is 6. The topological polar surface area (TPSA) is 119 Å². The van der Waals surface area contributed by atoms with Gasteiger partial charge in [-0.1, -0.05) is 12.1 Å². The SMILES string of the molecule is CCOC(=O)c1ccccc1NC(=O)C(=O)N(C=O)CCCN. The van der Waals surface area contributed by atoms with Crippen molar-refractivity contribution in [2.24, 2.45) is 5.73 Å². The van der Waals surface area contributed by atoms with Crippen molar-refractivity contribution in [3.8, 4) is 0 Å². The molecule has 3 amide bonds. The third-order valence-electron chi connectivity index (χ3n) is 2.86. The molecule has 0 saturated heterocycles. The van der Waals surface area contributed by atoms with Gasteiger partial charge in [-0.15, -0.1) is 0 Å². The van der Waals surface area contributed by atoms with Crippen molar-refractivity contribution in [1.29, 1.82) is 0 Å². The Hall–Kier alpha value is -2.74. The highest BCUT2D eigenvalue weighted by atomic mass is 16.5. The summed E-state index contributed by atoms with van der Waals surface area (Å²) in [7, 11) is 0. The van der Waals surface area contributed by atoms with Gasteiger partial charge in [-0.3, -0.25) is 19.3 Å². The van der Waals surface area contributed by atoms with Crippen molar-refractivity contribution in [3.05, 3.63) is 29.8 Å². The number of nitrogens with one attached hydrogen (secondary N) is 1. The normalized spacial score (nSPS) is 9.83. The molecule has 0 aliphatic heterocycles. The highest BCUT2D eigenvalue weighted by Gasteiger charge is 2.23. The lowest BCUT2D eigenvalue weighted by Crippen LogP contribution is -2.40. The Balaban J connectivity index is 2.86. The Bertz CT molecular complexity index is 588. The van der Waals surface area contributed by atoms with E-state index in [0.717, 1.165) is 4.90 Å². The maximum atomic E-state index is 12.0. The molecule has 3 N–H and O–H groups in total. The van der Waals surface area contributed by atoms with Crippen LogP contribution in [0.5, 0.6) is 0 Å². The molecule has 0 aliphatic rings. The molecule has 1 rings (SSSR count). The number of nitrogens with zero attached hydrogens (tertiary/aromatic N) is 1. The average Bonchev–Trinajstić information content (AvgIpc) is 2.56. The third-order valence-corrected chi connectivity index (χ3v) is 2.86. The number of esters is 1. The lowest BCUT2D eigenvalue weighted by Gasteiger charge is -2.15. The maximum Gasteiger partial charge on any atom is 0.340 e. The van der Waals surface area contributed by atoms with E-state index in [1.165, 1.54) is 12.1 Å². The molecule has 0 heterocycles. The van der Waals surface area contributed by atoms with Crippen LogP contribution in [-0.4, -0.2) is 48.8 Å². The molecule has 23 heavy (non-hydrogen) atoms. The number of amides is 3. The Morgan fingerprint density at radius 3 is 2.61 bits per heavy atom. The van der Waals surface area contributed by atoms with Crippen LogP contribution in [0.4, 0.5) is 5.69 Å². The second-order valence-corrected chi connectivity index (χ2v) is 4.47. The van der Waals surface area contributed by atoms with Crippen molar-refractivity contribution in [2.75, 3.05) is 25.0 Å². The van der Waals surface area contributed by atoms with Crippen LogP contribution in [0.1, 0.15) is 23.7 Å². The summed E-state index contributed by atoms with van der Waals surface area (Å²) in [4.78, 5) is 47.3. The van der Waals surface area contributed by atoms with Crippen LogP contribution in [-0.2, 0) is 19.1 Å². The molecule has 0 bridgehead atoms. The number of nitrogens with two attached hydrogens (primary N) is 1. The fourth-order valence-corrected chi connectivity index (χ4v) is 1.75.